The van der Waals surface area contributed by atoms with Gasteiger partial charge in [-0.3, -0.25) is 4.79 Å². The third-order valence-electron chi connectivity index (χ3n) is 6.26. The summed E-state index contributed by atoms with van der Waals surface area (Å²) in [5.41, 5.74) is 0.565. The van der Waals surface area contributed by atoms with Crippen LogP contribution < -0.4 is 18.9 Å². The molecule has 1 aliphatic heterocycles. The van der Waals surface area contributed by atoms with Crippen molar-refractivity contribution in [3.63, 3.8) is 0 Å². The van der Waals surface area contributed by atoms with E-state index in [1.165, 1.54) is 50.6 Å². The number of carbonyl (C=O) groups excluding carboxylic acids is 1. The minimum Gasteiger partial charge on any atom is -0.493 e. The van der Waals surface area contributed by atoms with Crippen LogP contribution in [0.4, 0.5) is 0 Å². The Balaban J connectivity index is 1.78. The highest BCUT2D eigenvalue weighted by Crippen LogP contribution is 2.36. The lowest BCUT2D eigenvalue weighted by molar-refractivity contribution is -0.277. The number of hydrogen-bond acceptors (Lipinski definition) is 13. The summed E-state index contributed by atoms with van der Waals surface area (Å²) < 4.78 is 27.4. The SMILES string of the molecule is COc1cc(C(=O)CCO)ccc1OC(CO)C(O)c1ccc(OC2OC(CO)C(O)C(O)C2O)c(OC)c1. The van der Waals surface area contributed by atoms with Crippen molar-refractivity contribution in [2.75, 3.05) is 34.0 Å². The zero-order chi connectivity index (χ0) is 28.7. The molecule has 0 aromatic heterocycles. The van der Waals surface area contributed by atoms with Gasteiger partial charge in [0, 0.05) is 12.0 Å². The van der Waals surface area contributed by atoms with Gasteiger partial charge in [-0.15, -0.1) is 0 Å². The lowest BCUT2D eigenvalue weighted by Crippen LogP contribution is -2.60. The van der Waals surface area contributed by atoms with E-state index < -0.39 is 56.1 Å². The van der Waals surface area contributed by atoms with Crippen molar-refractivity contribution in [2.45, 2.75) is 49.3 Å². The second-order valence-electron chi connectivity index (χ2n) is 8.77. The molecule has 3 rings (SSSR count). The molecule has 216 valence electrons. The van der Waals surface area contributed by atoms with Gasteiger partial charge in [-0.1, -0.05) is 6.07 Å². The van der Waals surface area contributed by atoms with E-state index >= 15 is 0 Å². The van der Waals surface area contributed by atoms with Gasteiger partial charge >= 0.3 is 0 Å². The van der Waals surface area contributed by atoms with Gasteiger partial charge in [-0.25, -0.2) is 0 Å². The number of ketones is 1. The predicted octanol–water partition coefficient (Wildman–Crippen LogP) is -1.08. The fraction of sp³-hybridized carbons (Fsp3) is 0.500. The highest BCUT2D eigenvalue weighted by Gasteiger charge is 2.45. The van der Waals surface area contributed by atoms with Crippen molar-refractivity contribution in [2.24, 2.45) is 0 Å². The third-order valence-corrected chi connectivity index (χ3v) is 6.26. The summed E-state index contributed by atoms with van der Waals surface area (Å²) in [4.78, 5) is 12.1. The molecule has 0 radical (unpaired) electrons. The van der Waals surface area contributed by atoms with E-state index in [9.17, 15) is 35.4 Å². The molecular weight excluding hydrogens is 520 g/mol. The molecule has 13 nitrogen and oxygen atoms in total. The van der Waals surface area contributed by atoms with Gasteiger partial charge in [0.1, 0.15) is 30.5 Å². The molecule has 0 bridgehead atoms. The second kappa shape index (κ2) is 13.9. The van der Waals surface area contributed by atoms with E-state index in [1.54, 1.807) is 0 Å². The maximum Gasteiger partial charge on any atom is 0.229 e. The van der Waals surface area contributed by atoms with E-state index in [2.05, 4.69) is 0 Å². The van der Waals surface area contributed by atoms with Crippen LogP contribution in [0.25, 0.3) is 0 Å². The number of methoxy groups -OCH3 is 2. The summed E-state index contributed by atoms with van der Waals surface area (Å²) in [7, 11) is 2.70. The topological polar surface area (TPSA) is 205 Å². The van der Waals surface area contributed by atoms with Crippen LogP contribution in [0, 0.1) is 0 Å². The molecule has 13 heteroatoms. The Morgan fingerprint density at radius 3 is 2.18 bits per heavy atom. The molecule has 1 fully saturated rings. The van der Waals surface area contributed by atoms with Crippen molar-refractivity contribution >= 4 is 5.78 Å². The van der Waals surface area contributed by atoms with Gasteiger partial charge in [-0.2, -0.15) is 0 Å². The Bertz CT molecular complexity index is 1090. The average Bonchev–Trinajstić information content (AvgIpc) is 2.95. The first-order valence-electron chi connectivity index (χ1n) is 12.1. The first-order valence-corrected chi connectivity index (χ1v) is 12.1. The molecule has 1 saturated heterocycles. The summed E-state index contributed by atoms with van der Waals surface area (Å²) in [5, 5.41) is 69.5. The highest BCUT2D eigenvalue weighted by atomic mass is 16.7. The van der Waals surface area contributed by atoms with E-state index in [1.807, 2.05) is 0 Å². The zero-order valence-electron chi connectivity index (χ0n) is 21.4. The fourth-order valence-electron chi connectivity index (χ4n) is 4.02. The Labute approximate surface area is 224 Å². The molecule has 7 N–H and O–H groups in total. The molecule has 1 aliphatic rings. The smallest absolute Gasteiger partial charge is 0.229 e. The molecule has 0 aliphatic carbocycles. The zero-order valence-corrected chi connectivity index (χ0v) is 21.4. The molecule has 0 spiro atoms. The lowest BCUT2D eigenvalue weighted by Gasteiger charge is -2.39. The van der Waals surface area contributed by atoms with Crippen molar-refractivity contribution in [3.05, 3.63) is 47.5 Å². The van der Waals surface area contributed by atoms with Crippen LogP contribution in [-0.4, -0.2) is 112 Å². The quantitative estimate of drug-likeness (QED) is 0.147. The van der Waals surface area contributed by atoms with Gasteiger partial charge in [-0.05, 0) is 35.9 Å². The van der Waals surface area contributed by atoms with Crippen LogP contribution in [0.15, 0.2) is 36.4 Å². The van der Waals surface area contributed by atoms with Gasteiger partial charge in [0.2, 0.25) is 6.29 Å². The number of carbonyl (C=O) groups is 1. The molecule has 39 heavy (non-hydrogen) atoms. The summed E-state index contributed by atoms with van der Waals surface area (Å²) in [6, 6.07) is 8.62. The van der Waals surface area contributed by atoms with Gasteiger partial charge < -0.3 is 59.4 Å². The maximum absolute atomic E-state index is 12.1. The average molecular weight is 555 g/mol. The number of benzene rings is 2. The van der Waals surface area contributed by atoms with Gasteiger partial charge in [0.05, 0.1) is 34.0 Å². The normalized spacial score (nSPS) is 24.5. The van der Waals surface area contributed by atoms with Crippen LogP contribution in [0.5, 0.6) is 23.0 Å². The van der Waals surface area contributed by atoms with Crippen molar-refractivity contribution in [3.8, 4) is 23.0 Å². The largest absolute Gasteiger partial charge is 0.493 e. The molecule has 0 saturated carbocycles. The number of aliphatic hydroxyl groups excluding tert-OH is 7. The lowest BCUT2D eigenvalue weighted by atomic mass is 9.99. The summed E-state index contributed by atoms with van der Waals surface area (Å²) in [6.45, 7) is -1.52. The maximum atomic E-state index is 12.1. The summed E-state index contributed by atoms with van der Waals surface area (Å²) in [5.74, 6) is 0.212. The molecule has 2 aromatic carbocycles. The van der Waals surface area contributed by atoms with E-state index in [4.69, 9.17) is 28.8 Å². The van der Waals surface area contributed by atoms with Crippen LogP contribution in [0.3, 0.4) is 0 Å². The van der Waals surface area contributed by atoms with Crippen LogP contribution in [-0.2, 0) is 4.74 Å². The second-order valence-corrected chi connectivity index (χ2v) is 8.77. The van der Waals surface area contributed by atoms with Crippen molar-refractivity contribution in [1.29, 1.82) is 0 Å². The number of rotatable bonds is 13. The van der Waals surface area contributed by atoms with Crippen molar-refractivity contribution in [1.82, 2.24) is 0 Å². The molecule has 0 amide bonds. The standard InChI is InChI=1S/C26H34O13/c1-35-18-9-13(15(30)7-8-27)3-5-16(18)37-20(11-28)22(31)14-4-6-17(19(10-14)36-2)38-26-25(34)24(33)23(32)21(12-29)39-26/h3-6,9-10,20-29,31-34H,7-8,11-12H2,1-2H3. The Morgan fingerprint density at radius 2 is 1.56 bits per heavy atom. The van der Waals surface area contributed by atoms with Gasteiger partial charge in [0.25, 0.3) is 0 Å². The molecule has 2 aromatic rings. The first-order chi connectivity index (χ1) is 18.7. The minimum atomic E-state index is -1.63. The van der Waals surface area contributed by atoms with Crippen molar-refractivity contribution < 1.29 is 64.2 Å². The van der Waals surface area contributed by atoms with E-state index in [0.717, 1.165) is 0 Å². The van der Waals surface area contributed by atoms with Crippen LogP contribution in [0.1, 0.15) is 28.4 Å². The number of hydrogen-bond donors (Lipinski definition) is 7. The number of aliphatic hydroxyl groups is 7. The minimum absolute atomic E-state index is 0.0563. The number of Topliss-reactive ketones (excluding diaryl/α,β-unsaturated/α-hetero) is 1. The van der Waals surface area contributed by atoms with Gasteiger partial charge in [0.15, 0.2) is 34.9 Å². The first kappa shape index (κ1) is 30.5. The third kappa shape index (κ3) is 6.96. The number of ether oxygens (including phenoxy) is 5. The van der Waals surface area contributed by atoms with E-state index in [0.29, 0.717) is 5.56 Å². The Kier molecular flexibility index (Phi) is 10.9. The van der Waals surface area contributed by atoms with Crippen LogP contribution in [0.2, 0.25) is 0 Å². The molecule has 7 atom stereocenters. The molecule has 7 unspecified atom stereocenters. The predicted molar refractivity (Wildman–Crippen MR) is 133 cm³/mol. The monoisotopic (exact) mass is 554 g/mol. The Hall–Kier alpha value is -3.01. The molecule has 1 heterocycles. The summed E-state index contributed by atoms with van der Waals surface area (Å²) in [6.07, 6.45) is -10.0. The summed E-state index contributed by atoms with van der Waals surface area (Å²) >= 11 is 0. The van der Waals surface area contributed by atoms with Crippen LogP contribution >= 0.6 is 0 Å². The van der Waals surface area contributed by atoms with E-state index in [-0.39, 0.29) is 47.4 Å². The Morgan fingerprint density at radius 1 is 0.897 bits per heavy atom. The fourth-order valence-corrected chi connectivity index (χ4v) is 4.02. The molecular formula is C26H34O13. The highest BCUT2D eigenvalue weighted by molar-refractivity contribution is 5.96.